The first-order chi connectivity index (χ1) is 9.13. The number of aromatic nitrogens is 3. The minimum Gasteiger partial charge on any atom is -0.478 e. The molecule has 0 saturated heterocycles. The van der Waals surface area contributed by atoms with Crippen LogP contribution in [0.15, 0.2) is 12.3 Å². The van der Waals surface area contributed by atoms with Gasteiger partial charge in [-0.3, -0.25) is 4.40 Å². The van der Waals surface area contributed by atoms with Crippen LogP contribution in [0.3, 0.4) is 0 Å². The van der Waals surface area contributed by atoms with Gasteiger partial charge in [0, 0.05) is 12.1 Å². The third-order valence-electron chi connectivity index (χ3n) is 4.34. The SMILES string of the molecule is O=C(O)c1cc(Cl)c2nnc(C3CC4CC4C3)n2c1. The summed E-state index contributed by atoms with van der Waals surface area (Å²) in [6.07, 6.45) is 5.19. The van der Waals surface area contributed by atoms with Crippen LogP contribution in [0.5, 0.6) is 0 Å². The van der Waals surface area contributed by atoms with Crippen molar-refractivity contribution in [3.8, 4) is 0 Å². The van der Waals surface area contributed by atoms with Crippen LogP contribution >= 0.6 is 11.6 Å². The monoisotopic (exact) mass is 277 g/mol. The number of carbonyl (C=O) groups is 1. The molecule has 19 heavy (non-hydrogen) atoms. The molecule has 2 aliphatic carbocycles. The minimum atomic E-state index is -0.988. The van der Waals surface area contributed by atoms with E-state index in [1.54, 1.807) is 10.6 Å². The van der Waals surface area contributed by atoms with E-state index in [9.17, 15) is 4.79 Å². The number of carboxylic acid groups (broad SMARTS) is 1. The Morgan fingerprint density at radius 1 is 1.32 bits per heavy atom. The molecule has 2 fully saturated rings. The maximum absolute atomic E-state index is 11.1. The predicted molar refractivity (Wildman–Crippen MR) is 68.5 cm³/mol. The quantitative estimate of drug-likeness (QED) is 0.916. The smallest absolute Gasteiger partial charge is 0.337 e. The van der Waals surface area contributed by atoms with E-state index >= 15 is 0 Å². The second kappa shape index (κ2) is 3.70. The average Bonchev–Trinajstić information content (AvgIpc) is 2.83. The van der Waals surface area contributed by atoms with E-state index in [-0.39, 0.29) is 5.56 Å². The summed E-state index contributed by atoms with van der Waals surface area (Å²) in [5, 5.41) is 17.8. The van der Waals surface area contributed by atoms with Crippen molar-refractivity contribution in [1.29, 1.82) is 0 Å². The van der Waals surface area contributed by atoms with Crippen LogP contribution in [-0.2, 0) is 0 Å². The number of rotatable bonds is 2. The Morgan fingerprint density at radius 2 is 2.05 bits per heavy atom. The van der Waals surface area contributed by atoms with Crippen molar-refractivity contribution in [2.24, 2.45) is 11.8 Å². The molecule has 2 aromatic heterocycles. The molecule has 0 radical (unpaired) electrons. The summed E-state index contributed by atoms with van der Waals surface area (Å²) in [5.41, 5.74) is 0.712. The number of carboxylic acids is 1. The molecule has 0 spiro atoms. The van der Waals surface area contributed by atoms with Gasteiger partial charge in [-0.15, -0.1) is 10.2 Å². The van der Waals surface area contributed by atoms with E-state index in [1.807, 2.05) is 0 Å². The summed E-state index contributed by atoms with van der Waals surface area (Å²) in [4.78, 5) is 11.1. The lowest BCUT2D eigenvalue weighted by Gasteiger charge is -2.10. The largest absolute Gasteiger partial charge is 0.478 e. The van der Waals surface area contributed by atoms with E-state index in [2.05, 4.69) is 10.2 Å². The Labute approximate surface area is 114 Å². The number of fused-ring (bicyclic) bond motifs is 2. The van der Waals surface area contributed by atoms with Gasteiger partial charge in [-0.05, 0) is 37.2 Å². The molecule has 0 aliphatic heterocycles. The van der Waals surface area contributed by atoms with Crippen molar-refractivity contribution in [3.05, 3.63) is 28.7 Å². The summed E-state index contributed by atoms with van der Waals surface area (Å²) in [7, 11) is 0. The predicted octanol–water partition coefficient (Wildman–Crippen LogP) is 2.59. The second-order valence-electron chi connectivity index (χ2n) is 5.56. The van der Waals surface area contributed by atoms with Crippen molar-refractivity contribution in [2.45, 2.75) is 25.2 Å². The fourth-order valence-electron chi connectivity index (χ4n) is 3.29. The average molecular weight is 278 g/mol. The summed E-state index contributed by atoms with van der Waals surface area (Å²) in [6.45, 7) is 0. The van der Waals surface area contributed by atoms with Crippen LogP contribution in [0.2, 0.25) is 5.02 Å². The summed E-state index contributed by atoms with van der Waals surface area (Å²) >= 11 is 6.08. The maximum atomic E-state index is 11.1. The molecule has 2 heterocycles. The van der Waals surface area contributed by atoms with Crippen LogP contribution < -0.4 is 0 Å². The first kappa shape index (κ1) is 11.2. The molecule has 0 bridgehead atoms. The Bertz CT molecular complexity index is 686. The van der Waals surface area contributed by atoms with Gasteiger partial charge in [0.05, 0.1) is 10.6 Å². The van der Waals surface area contributed by atoms with E-state index in [0.717, 1.165) is 30.5 Å². The topological polar surface area (TPSA) is 67.5 Å². The summed E-state index contributed by atoms with van der Waals surface area (Å²) in [5.74, 6) is 1.94. The summed E-state index contributed by atoms with van der Waals surface area (Å²) in [6, 6.07) is 1.42. The molecule has 2 atom stereocenters. The van der Waals surface area contributed by atoms with E-state index in [1.165, 1.54) is 12.5 Å². The highest BCUT2D eigenvalue weighted by atomic mass is 35.5. The number of halogens is 1. The first-order valence-electron chi connectivity index (χ1n) is 6.41. The zero-order chi connectivity index (χ0) is 13.1. The third kappa shape index (κ3) is 1.64. The normalized spacial score (nSPS) is 28.6. The molecule has 4 rings (SSSR count). The Kier molecular flexibility index (Phi) is 2.18. The molecule has 5 nitrogen and oxygen atoms in total. The molecule has 2 aliphatic rings. The second-order valence-corrected chi connectivity index (χ2v) is 5.97. The van der Waals surface area contributed by atoms with Gasteiger partial charge in [-0.2, -0.15) is 0 Å². The van der Waals surface area contributed by atoms with Crippen molar-refractivity contribution in [2.75, 3.05) is 0 Å². The Morgan fingerprint density at radius 3 is 2.74 bits per heavy atom. The van der Waals surface area contributed by atoms with Gasteiger partial charge < -0.3 is 5.11 Å². The minimum absolute atomic E-state index is 0.168. The fraction of sp³-hybridized carbons (Fsp3) is 0.462. The van der Waals surface area contributed by atoms with Crippen LogP contribution in [0, 0.1) is 11.8 Å². The Balaban J connectivity index is 1.84. The molecule has 2 aromatic rings. The van der Waals surface area contributed by atoms with Crippen LogP contribution in [0.1, 0.15) is 41.4 Å². The van der Waals surface area contributed by atoms with Gasteiger partial charge in [0.2, 0.25) is 0 Å². The van der Waals surface area contributed by atoms with Gasteiger partial charge in [-0.1, -0.05) is 11.6 Å². The van der Waals surface area contributed by atoms with Gasteiger partial charge in [-0.25, -0.2) is 4.79 Å². The molecule has 1 N–H and O–H groups in total. The number of pyridine rings is 1. The lowest BCUT2D eigenvalue weighted by molar-refractivity contribution is 0.0696. The highest BCUT2D eigenvalue weighted by Gasteiger charge is 2.47. The van der Waals surface area contributed by atoms with E-state index in [4.69, 9.17) is 16.7 Å². The van der Waals surface area contributed by atoms with E-state index < -0.39 is 5.97 Å². The van der Waals surface area contributed by atoms with Crippen molar-refractivity contribution in [3.63, 3.8) is 0 Å². The standard InChI is InChI=1S/C13H12ClN3O2/c14-10-4-9(13(18)19)5-17-11(15-16-12(10)17)8-2-6-1-7(6)3-8/h4-8H,1-3H2,(H,18,19). The molecule has 0 aromatic carbocycles. The number of aromatic carboxylic acids is 1. The van der Waals surface area contributed by atoms with Gasteiger partial charge in [0.1, 0.15) is 5.82 Å². The van der Waals surface area contributed by atoms with Gasteiger partial charge >= 0.3 is 5.97 Å². The molecule has 6 heteroatoms. The molecule has 98 valence electrons. The summed E-state index contributed by atoms with van der Waals surface area (Å²) < 4.78 is 1.75. The Hall–Kier alpha value is -1.62. The number of hydrogen-bond donors (Lipinski definition) is 1. The van der Waals surface area contributed by atoms with Crippen molar-refractivity contribution >= 4 is 23.2 Å². The van der Waals surface area contributed by atoms with Crippen LogP contribution in [-0.4, -0.2) is 25.7 Å². The fourth-order valence-corrected chi connectivity index (χ4v) is 3.54. The molecule has 2 unspecified atom stereocenters. The zero-order valence-corrected chi connectivity index (χ0v) is 10.8. The number of nitrogens with zero attached hydrogens (tertiary/aromatic N) is 3. The highest BCUT2D eigenvalue weighted by Crippen LogP contribution is 2.57. The van der Waals surface area contributed by atoms with Gasteiger partial charge in [0.25, 0.3) is 0 Å². The highest BCUT2D eigenvalue weighted by molar-refractivity contribution is 6.33. The van der Waals surface area contributed by atoms with Crippen molar-refractivity contribution in [1.82, 2.24) is 14.6 Å². The lowest BCUT2D eigenvalue weighted by atomic mass is 10.0. The maximum Gasteiger partial charge on any atom is 0.337 e. The first-order valence-corrected chi connectivity index (χ1v) is 6.78. The molecule has 0 amide bonds. The lowest BCUT2D eigenvalue weighted by Crippen LogP contribution is -2.05. The zero-order valence-electron chi connectivity index (χ0n) is 10.1. The number of hydrogen-bond acceptors (Lipinski definition) is 3. The van der Waals surface area contributed by atoms with Crippen LogP contribution in [0.25, 0.3) is 5.65 Å². The van der Waals surface area contributed by atoms with E-state index in [0.29, 0.717) is 16.6 Å². The third-order valence-corrected chi connectivity index (χ3v) is 4.62. The van der Waals surface area contributed by atoms with Gasteiger partial charge in [0.15, 0.2) is 5.65 Å². The van der Waals surface area contributed by atoms with Crippen molar-refractivity contribution < 1.29 is 9.90 Å². The molecular weight excluding hydrogens is 266 g/mol. The van der Waals surface area contributed by atoms with Crippen LogP contribution in [0.4, 0.5) is 0 Å². The molecule has 2 saturated carbocycles. The molecular formula is C13H12ClN3O2.